The van der Waals surface area contributed by atoms with E-state index < -0.39 is 35.7 Å². The van der Waals surface area contributed by atoms with Crippen LogP contribution < -0.4 is 10.6 Å². The summed E-state index contributed by atoms with van der Waals surface area (Å²) in [6.07, 6.45) is 0.236. The lowest BCUT2D eigenvalue weighted by molar-refractivity contribution is -0.142. The van der Waals surface area contributed by atoms with Crippen LogP contribution in [0.15, 0.2) is 48.5 Å². The first kappa shape index (κ1) is 21.1. The fourth-order valence-corrected chi connectivity index (χ4v) is 2.84. The molecule has 0 aliphatic heterocycles. The van der Waals surface area contributed by atoms with Crippen molar-refractivity contribution in [1.29, 1.82) is 0 Å². The van der Waals surface area contributed by atoms with Crippen LogP contribution >= 0.6 is 0 Å². The van der Waals surface area contributed by atoms with Gasteiger partial charge in [-0.1, -0.05) is 36.4 Å². The Hall–Kier alpha value is -3.22. The molecule has 3 N–H and O–H groups in total. The van der Waals surface area contributed by atoms with Crippen molar-refractivity contribution < 1.29 is 23.9 Å². The molecule has 2 atom stereocenters. The average molecular weight is 386 g/mol. The SMILES string of the molecule is CC(=O)N[C@@H](Cc1ccc(F)cc1)C(=O)N[C@@H](Cc1ccccc1C)C(=O)O. The van der Waals surface area contributed by atoms with Gasteiger partial charge in [0.05, 0.1) is 0 Å². The third-order valence-corrected chi connectivity index (χ3v) is 4.35. The van der Waals surface area contributed by atoms with Gasteiger partial charge >= 0.3 is 5.97 Å². The number of nitrogens with one attached hydrogen (secondary N) is 2. The maximum atomic E-state index is 13.1. The lowest BCUT2D eigenvalue weighted by atomic mass is 10.00. The van der Waals surface area contributed by atoms with Crippen LogP contribution in [0.2, 0.25) is 0 Å². The zero-order valence-corrected chi connectivity index (χ0v) is 15.7. The van der Waals surface area contributed by atoms with Crippen molar-refractivity contribution >= 4 is 17.8 Å². The highest BCUT2D eigenvalue weighted by atomic mass is 19.1. The van der Waals surface area contributed by atoms with Crippen molar-refractivity contribution in [2.24, 2.45) is 0 Å². The molecular weight excluding hydrogens is 363 g/mol. The Bertz CT molecular complexity index is 852. The second-order valence-electron chi connectivity index (χ2n) is 6.61. The Kier molecular flexibility index (Phi) is 7.26. The first-order valence-corrected chi connectivity index (χ1v) is 8.85. The molecule has 0 saturated carbocycles. The maximum Gasteiger partial charge on any atom is 0.326 e. The highest BCUT2D eigenvalue weighted by Crippen LogP contribution is 2.11. The molecule has 2 rings (SSSR count). The zero-order chi connectivity index (χ0) is 20.7. The highest BCUT2D eigenvalue weighted by Gasteiger charge is 2.26. The second-order valence-corrected chi connectivity index (χ2v) is 6.61. The molecule has 2 aromatic rings. The topological polar surface area (TPSA) is 95.5 Å². The molecule has 148 valence electrons. The van der Waals surface area contributed by atoms with Gasteiger partial charge in [0.1, 0.15) is 17.9 Å². The van der Waals surface area contributed by atoms with E-state index in [9.17, 15) is 23.9 Å². The summed E-state index contributed by atoms with van der Waals surface area (Å²) in [5.41, 5.74) is 2.37. The van der Waals surface area contributed by atoms with Gasteiger partial charge in [0.2, 0.25) is 11.8 Å². The molecule has 6 nitrogen and oxygen atoms in total. The summed E-state index contributed by atoms with van der Waals surface area (Å²) >= 11 is 0. The quantitative estimate of drug-likeness (QED) is 0.647. The minimum absolute atomic E-state index is 0.113. The van der Waals surface area contributed by atoms with Gasteiger partial charge in [-0.25, -0.2) is 9.18 Å². The van der Waals surface area contributed by atoms with Crippen LogP contribution in [0.5, 0.6) is 0 Å². The number of carbonyl (C=O) groups is 3. The Morgan fingerprint density at radius 3 is 2.18 bits per heavy atom. The van der Waals surface area contributed by atoms with E-state index in [-0.39, 0.29) is 12.8 Å². The molecule has 0 saturated heterocycles. The molecule has 0 aliphatic rings. The van der Waals surface area contributed by atoms with Crippen LogP contribution in [0.25, 0.3) is 0 Å². The van der Waals surface area contributed by atoms with Crippen LogP contribution in [0.3, 0.4) is 0 Å². The monoisotopic (exact) mass is 386 g/mol. The Balaban J connectivity index is 2.14. The number of carbonyl (C=O) groups excluding carboxylic acids is 2. The molecule has 28 heavy (non-hydrogen) atoms. The van der Waals surface area contributed by atoms with Crippen molar-refractivity contribution in [3.8, 4) is 0 Å². The molecular formula is C21H23FN2O4. The summed E-state index contributed by atoms with van der Waals surface area (Å²) in [6.45, 7) is 3.14. The molecule has 0 fully saturated rings. The standard InChI is InChI=1S/C21H23FN2O4/c1-13-5-3-4-6-16(13)12-19(21(27)28)24-20(26)18(23-14(2)25)11-15-7-9-17(22)10-8-15/h3-10,18-19H,11-12H2,1-2H3,(H,23,25)(H,24,26)(H,27,28)/t18-,19-/m0/s1. The van der Waals surface area contributed by atoms with E-state index in [0.29, 0.717) is 5.56 Å². The van der Waals surface area contributed by atoms with Gasteiger partial charge in [0.15, 0.2) is 0 Å². The van der Waals surface area contributed by atoms with Gasteiger partial charge in [-0.05, 0) is 35.7 Å². The third kappa shape index (κ3) is 6.19. The first-order valence-electron chi connectivity index (χ1n) is 8.85. The van der Waals surface area contributed by atoms with Gasteiger partial charge < -0.3 is 15.7 Å². The molecule has 0 aromatic heterocycles. The van der Waals surface area contributed by atoms with Gasteiger partial charge in [0, 0.05) is 19.8 Å². The van der Waals surface area contributed by atoms with Crippen molar-refractivity contribution in [2.75, 3.05) is 0 Å². The molecule has 0 aliphatic carbocycles. The number of carboxylic acid groups (broad SMARTS) is 1. The molecule has 0 bridgehead atoms. The molecule has 0 unspecified atom stereocenters. The number of hydrogen-bond acceptors (Lipinski definition) is 3. The number of halogens is 1. The van der Waals surface area contributed by atoms with E-state index >= 15 is 0 Å². The minimum atomic E-state index is -1.17. The lowest BCUT2D eigenvalue weighted by Crippen LogP contribution is -2.52. The van der Waals surface area contributed by atoms with Gasteiger partial charge in [-0.15, -0.1) is 0 Å². The summed E-state index contributed by atoms with van der Waals surface area (Å²) in [4.78, 5) is 35.8. The smallest absolute Gasteiger partial charge is 0.326 e. The van der Waals surface area contributed by atoms with Crippen LogP contribution in [0.4, 0.5) is 4.39 Å². The van der Waals surface area contributed by atoms with E-state index in [0.717, 1.165) is 11.1 Å². The number of amides is 2. The second kappa shape index (κ2) is 9.64. The number of aryl methyl sites for hydroxylation is 1. The first-order chi connectivity index (χ1) is 13.3. The van der Waals surface area contributed by atoms with E-state index in [1.807, 2.05) is 19.1 Å². The van der Waals surface area contributed by atoms with Crippen LogP contribution in [0, 0.1) is 12.7 Å². The predicted octanol–water partition coefficient (Wildman–Crippen LogP) is 1.99. The predicted molar refractivity (Wildman–Crippen MR) is 102 cm³/mol. The van der Waals surface area contributed by atoms with E-state index in [1.165, 1.54) is 31.2 Å². The largest absolute Gasteiger partial charge is 0.480 e. The third-order valence-electron chi connectivity index (χ3n) is 4.35. The number of rotatable bonds is 8. The summed E-state index contributed by atoms with van der Waals surface area (Å²) in [7, 11) is 0. The molecule has 0 radical (unpaired) electrons. The molecule has 0 spiro atoms. The van der Waals surface area contributed by atoms with Gasteiger partial charge in [0.25, 0.3) is 0 Å². The minimum Gasteiger partial charge on any atom is -0.480 e. The summed E-state index contributed by atoms with van der Waals surface area (Å²) < 4.78 is 13.1. The van der Waals surface area contributed by atoms with Crippen molar-refractivity contribution in [3.63, 3.8) is 0 Å². The normalized spacial score (nSPS) is 12.7. The lowest BCUT2D eigenvalue weighted by Gasteiger charge is -2.21. The van der Waals surface area contributed by atoms with Crippen LogP contribution in [-0.4, -0.2) is 35.0 Å². The van der Waals surface area contributed by atoms with Crippen molar-refractivity contribution in [1.82, 2.24) is 10.6 Å². The molecule has 0 heterocycles. The van der Waals surface area contributed by atoms with E-state index in [1.54, 1.807) is 12.1 Å². The number of carboxylic acids is 1. The van der Waals surface area contributed by atoms with Crippen molar-refractivity contribution in [2.45, 2.75) is 38.8 Å². The zero-order valence-electron chi connectivity index (χ0n) is 15.7. The van der Waals surface area contributed by atoms with E-state index in [4.69, 9.17) is 0 Å². The fourth-order valence-electron chi connectivity index (χ4n) is 2.84. The van der Waals surface area contributed by atoms with Crippen molar-refractivity contribution in [3.05, 3.63) is 71.0 Å². The van der Waals surface area contributed by atoms with Crippen LogP contribution in [-0.2, 0) is 27.2 Å². The maximum absolute atomic E-state index is 13.1. The molecule has 2 aromatic carbocycles. The summed E-state index contributed by atoms with van der Waals surface area (Å²) in [5, 5.41) is 14.5. The number of aliphatic carboxylic acids is 1. The highest BCUT2D eigenvalue weighted by molar-refractivity contribution is 5.90. The molecule has 2 amide bonds. The summed E-state index contributed by atoms with van der Waals surface area (Å²) in [5.74, 6) is -2.61. The van der Waals surface area contributed by atoms with Gasteiger partial charge in [-0.3, -0.25) is 9.59 Å². The van der Waals surface area contributed by atoms with Crippen LogP contribution in [0.1, 0.15) is 23.6 Å². The summed E-state index contributed by atoms with van der Waals surface area (Å²) in [6, 6.07) is 10.8. The Morgan fingerprint density at radius 1 is 0.964 bits per heavy atom. The number of benzene rings is 2. The Morgan fingerprint density at radius 2 is 1.61 bits per heavy atom. The fraction of sp³-hybridized carbons (Fsp3) is 0.286. The average Bonchev–Trinajstić information content (AvgIpc) is 2.63. The Labute approximate surface area is 162 Å². The number of hydrogen-bond donors (Lipinski definition) is 3. The molecule has 7 heteroatoms. The van der Waals surface area contributed by atoms with E-state index in [2.05, 4.69) is 10.6 Å². The van der Waals surface area contributed by atoms with Gasteiger partial charge in [-0.2, -0.15) is 0 Å².